The van der Waals surface area contributed by atoms with Gasteiger partial charge in [-0.2, -0.15) is 0 Å². The first-order chi connectivity index (χ1) is 9.08. The maximum atomic E-state index is 5.82. The quantitative estimate of drug-likeness (QED) is 0.849. The summed E-state index contributed by atoms with van der Waals surface area (Å²) >= 11 is 1.88. The lowest BCUT2D eigenvalue weighted by molar-refractivity contribution is 0.0661. The van der Waals surface area contributed by atoms with Crippen LogP contribution in [0.3, 0.4) is 0 Å². The van der Waals surface area contributed by atoms with Crippen molar-refractivity contribution in [1.82, 2.24) is 5.32 Å². The second-order valence-electron chi connectivity index (χ2n) is 5.40. The van der Waals surface area contributed by atoms with Gasteiger partial charge in [0.05, 0.1) is 12.7 Å². The highest BCUT2D eigenvalue weighted by molar-refractivity contribution is 7.19. The number of benzene rings is 1. The van der Waals surface area contributed by atoms with Gasteiger partial charge in [0.15, 0.2) is 0 Å². The molecule has 2 aromatic rings. The number of ether oxygens (including phenoxy) is 1. The molecule has 1 aromatic heterocycles. The summed E-state index contributed by atoms with van der Waals surface area (Å²) in [5.41, 5.74) is 1.35. The van der Waals surface area contributed by atoms with Gasteiger partial charge in [-0.25, -0.2) is 0 Å². The van der Waals surface area contributed by atoms with E-state index in [-0.39, 0.29) is 6.10 Å². The summed E-state index contributed by atoms with van der Waals surface area (Å²) in [5.74, 6) is 0. The molecule has 1 N–H and O–H groups in total. The first-order valence-corrected chi connectivity index (χ1v) is 7.74. The molecule has 2 rings (SSSR count). The highest BCUT2D eigenvalue weighted by Crippen LogP contribution is 2.32. The van der Waals surface area contributed by atoms with E-state index in [1.807, 2.05) is 11.3 Å². The third kappa shape index (κ3) is 3.78. The molecular weight excluding hydrogens is 254 g/mol. The third-order valence-electron chi connectivity index (χ3n) is 3.01. The van der Waals surface area contributed by atoms with E-state index in [9.17, 15) is 0 Å². The molecule has 1 heterocycles. The lowest BCUT2D eigenvalue weighted by atomic mass is 10.1. The minimum Gasteiger partial charge on any atom is -0.374 e. The van der Waals surface area contributed by atoms with Crippen molar-refractivity contribution in [2.75, 3.05) is 0 Å². The van der Waals surface area contributed by atoms with Crippen LogP contribution in [0.5, 0.6) is 0 Å². The summed E-state index contributed by atoms with van der Waals surface area (Å²) in [4.78, 5) is 1.40. The number of hydrogen-bond donors (Lipinski definition) is 1. The van der Waals surface area contributed by atoms with Gasteiger partial charge in [-0.1, -0.05) is 32.0 Å². The summed E-state index contributed by atoms with van der Waals surface area (Å²) < 4.78 is 7.17. The minimum atomic E-state index is 0.268. The van der Waals surface area contributed by atoms with Crippen molar-refractivity contribution < 1.29 is 4.74 Å². The van der Waals surface area contributed by atoms with Gasteiger partial charge in [0.25, 0.3) is 0 Å². The topological polar surface area (TPSA) is 21.3 Å². The van der Waals surface area contributed by atoms with E-state index in [0.717, 1.165) is 6.54 Å². The lowest BCUT2D eigenvalue weighted by Crippen LogP contribution is -2.22. The second-order valence-corrected chi connectivity index (χ2v) is 6.53. The van der Waals surface area contributed by atoms with Crippen molar-refractivity contribution in [1.29, 1.82) is 0 Å². The Morgan fingerprint density at radius 3 is 2.58 bits per heavy atom. The molecule has 0 saturated carbocycles. The first-order valence-electron chi connectivity index (χ1n) is 6.92. The predicted molar refractivity (Wildman–Crippen MR) is 83.7 cm³/mol. The molecule has 2 nitrogen and oxygen atoms in total. The number of fused-ring (bicyclic) bond motifs is 1. The van der Waals surface area contributed by atoms with E-state index in [1.165, 1.54) is 20.5 Å². The largest absolute Gasteiger partial charge is 0.374 e. The molecule has 0 radical (unpaired) electrons. The van der Waals surface area contributed by atoms with Crippen molar-refractivity contribution in [3.8, 4) is 0 Å². The molecule has 0 aliphatic heterocycles. The van der Waals surface area contributed by atoms with E-state index >= 15 is 0 Å². The molecule has 0 bridgehead atoms. The minimum absolute atomic E-state index is 0.268. The number of hydrogen-bond acceptors (Lipinski definition) is 3. The van der Waals surface area contributed by atoms with Crippen LogP contribution in [0.15, 0.2) is 24.3 Å². The lowest BCUT2D eigenvalue weighted by Gasteiger charge is -2.11. The van der Waals surface area contributed by atoms with Crippen LogP contribution in [0.1, 0.15) is 38.1 Å². The molecule has 0 aliphatic carbocycles. The van der Waals surface area contributed by atoms with Crippen LogP contribution in [0, 0.1) is 0 Å². The first kappa shape index (κ1) is 14.5. The Morgan fingerprint density at radius 1 is 1.16 bits per heavy atom. The highest BCUT2D eigenvalue weighted by Gasteiger charge is 2.12. The van der Waals surface area contributed by atoms with Gasteiger partial charge in [0, 0.05) is 27.7 Å². The molecule has 1 aromatic carbocycles. The summed E-state index contributed by atoms with van der Waals surface area (Å²) in [7, 11) is 0. The Labute approximate surface area is 119 Å². The third-order valence-corrected chi connectivity index (χ3v) is 4.23. The van der Waals surface area contributed by atoms with Gasteiger partial charge in [0.1, 0.15) is 0 Å². The Balaban J connectivity index is 2.28. The van der Waals surface area contributed by atoms with E-state index < -0.39 is 0 Å². The molecule has 19 heavy (non-hydrogen) atoms. The summed E-state index contributed by atoms with van der Waals surface area (Å²) in [5, 5.41) is 4.85. The molecule has 104 valence electrons. The van der Waals surface area contributed by atoms with Crippen molar-refractivity contribution in [3.05, 3.63) is 34.7 Å². The van der Waals surface area contributed by atoms with E-state index in [0.29, 0.717) is 12.6 Å². The zero-order valence-corrected chi connectivity index (χ0v) is 13.0. The fraction of sp³-hybridized carbons (Fsp3) is 0.500. The van der Waals surface area contributed by atoms with Crippen LogP contribution in [-0.2, 0) is 17.9 Å². The van der Waals surface area contributed by atoms with Crippen LogP contribution in [-0.4, -0.2) is 12.1 Å². The summed E-state index contributed by atoms with van der Waals surface area (Å²) in [6, 6.07) is 9.10. The zero-order valence-electron chi connectivity index (χ0n) is 12.2. The normalized spacial score (nSPS) is 11.9. The van der Waals surface area contributed by atoms with Crippen LogP contribution in [0.2, 0.25) is 0 Å². The van der Waals surface area contributed by atoms with Crippen molar-refractivity contribution in [3.63, 3.8) is 0 Å². The molecule has 0 saturated heterocycles. The Bertz CT molecular complexity index is 531. The maximum absolute atomic E-state index is 5.82. The van der Waals surface area contributed by atoms with E-state index in [4.69, 9.17) is 4.74 Å². The van der Waals surface area contributed by atoms with Gasteiger partial charge in [-0.3, -0.25) is 0 Å². The molecule has 0 amide bonds. The molecule has 0 spiro atoms. The standard InChI is InChI=1S/C16H23NOS/c1-11(2)17-9-16-14(10-18-12(3)4)13-7-5-6-8-15(13)19-16/h5-8,11-12,17H,9-10H2,1-4H3. The fourth-order valence-electron chi connectivity index (χ4n) is 2.00. The number of nitrogens with one attached hydrogen (secondary N) is 1. The van der Waals surface area contributed by atoms with Gasteiger partial charge < -0.3 is 10.1 Å². The average Bonchev–Trinajstić information content (AvgIpc) is 2.71. The summed E-state index contributed by atoms with van der Waals surface area (Å²) in [6.45, 7) is 10.2. The molecule has 3 heteroatoms. The average molecular weight is 277 g/mol. The maximum Gasteiger partial charge on any atom is 0.0737 e. The predicted octanol–water partition coefficient (Wildman–Crippen LogP) is 4.32. The van der Waals surface area contributed by atoms with E-state index in [2.05, 4.69) is 57.3 Å². The fourth-order valence-corrected chi connectivity index (χ4v) is 3.16. The number of thiophene rings is 1. The van der Waals surface area contributed by atoms with Gasteiger partial charge >= 0.3 is 0 Å². The Hall–Kier alpha value is -0.900. The Morgan fingerprint density at radius 2 is 1.89 bits per heavy atom. The highest BCUT2D eigenvalue weighted by atomic mass is 32.1. The summed E-state index contributed by atoms with van der Waals surface area (Å²) in [6.07, 6.45) is 0.268. The molecular formula is C16H23NOS. The van der Waals surface area contributed by atoms with Gasteiger partial charge in [-0.05, 0) is 25.3 Å². The van der Waals surface area contributed by atoms with Gasteiger partial charge in [0.2, 0.25) is 0 Å². The molecule has 0 fully saturated rings. The van der Waals surface area contributed by atoms with Crippen molar-refractivity contribution >= 4 is 21.4 Å². The molecule has 0 unspecified atom stereocenters. The van der Waals surface area contributed by atoms with E-state index in [1.54, 1.807) is 0 Å². The van der Waals surface area contributed by atoms with Gasteiger partial charge in [-0.15, -0.1) is 11.3 Å². The zero-order chi connectivity index (χ0) is 13.8. The smallest absolute Gasteiger partial charge is 0.0737 e. The number of rotatable bonds is 6. The Kier molecular flexibility index (Phi) is 4.97. The SMILES string of the molecule is CC(C)NCc1sc2ccccc2c1COC(C)C. The van der Waals surface area contributed by atoms with Crippen LogP contribution < -0.4 is 5.32 Å². The van der Waals surface area contributed by atoms with Crippen LogP contribution >= 0.6 is 11.3 Å². The molecule has 0 aliphatic rings. The molecule has 0 atom stereocenters. The second kappa shape index (κ2) is 6.51. The van der Waals surface area contributed by atoms with Crippen molar-refractivity contribution in [2.24, 2.45) is 0 Å². The van der Waals surface area contributed by atoms with Crippen LogP contribution in [0.25, 0.3) is 10.1 Å². The van der Waals surface area contributed by atoms with Crippen molar-refractivity contribution in [2.45, 2.75) is 53.0 Å². The monoisotopic (exact) mass is 277 g/mol. The van der Waals surface area contributed by atoms with Crippen LogP contribution in [0.4, 0.5) is 0 Å².